The highest BCUT2D eigenvalue weighted by Crippen LogP contribution is 2.42. The molecule has 2 atom stereocenters. The molecule has 2 unspecified atom stereocenters. The van der Waals surface area contributed by atoms with Gasteiger partial charge in [-0.15, -0.1) is 0 Å². The van der Waals surface area contributed by atoms with Gasteiger partial charge in [0.2, 0.25) is 0 Å². The van der Waals surface area contributed by atoms with Gasteiger partial charge >= 0.3 is 0 Å². The van der Waals surface area contributed by atoms with E-state index in [9.17, 15) is 0 Å². The summed E-state index contributed by atoms with van der Waals surface area (Å²) in [7, 11) is 0. The summed E-state index contributed by atoms with van der Waals surface area (Å²) in [5.41, 5.74) is 6.36. The van der Waals surface area contributed by atoms with E-state index in [2.05, 4.69) is 24.8 Å². The van der Waals surface area contributed by atoms with Crippen molar-refractivity contribution < 1.29 is 4.42 Å². The van der Waals surface area contributed by atoms with Crippen LogP contribution in [0.5, 0.6) is 0 Å². The molecule has 0 aliphatic heterocycles. The normalized spacial score (nSPS) is 28.1. The molecule has 1 fully saturated rings. The molecular weight excluding hydrogens is 224 g/mol. The molecule has 1 aliphatic carbocycles. The minimum absolute atomic E-state index is 0.191. The van der Waals surface area contributed by atoms with Crippen LogP contribution in [-0.4, -0.2) is 23.5 Å². The molecule has 0 aromatic carbocycles. The molecule has 1 heterocycles. The van der Waals surface area contributed by atoms with Crippen LogP contribution in [0.2, 0.25) is 0 Å². The molecule has 1 aromatic heterocycles. The Kier molecular flexibility index (Phi) is 4.46. The van der Waals surface area contributed by atoms with E-state index < -0.39 is 0 Å². The van der Waals surface area contributed by atoms with Gasteiger partial charge in [-0.05, 0) is 37.4 Å². The average molecular weight is 250 g/mol. The van der Waals surface area contributed by atoms with Gasteiger partial charge in [0.1, 0.15) is 5.76 Å². The zero-order valence-corrected chi connectivity index (χ0v) is 11.7. The Morgan fingerprint density at radius 3 is 2.89 bits per heavy atom. The third kappa shape index (κ3) is 2.34. The molecule has 0 spiro atoms. The first kappa shape index (κ1) is 13.6. The molecule has 0 amide bonds. The molecule has 1 aromatic rings. The smallest absolute Gasteiger partial charge is 0.117 e. The SMILES string of the molecule is CCC1CCCC1(CN)N(CC)Cc1ccco1. The predicted molar refractivity (Wildman–Crippen MR) is 74.2 cm³/mol. The molecule has 3 nitrogen and oxygen atoms in total. The fraction of sp³-hybridized carbons (Fsp3) is 0.733. The Balaban J connectivity index is 2.17. The van der Waals surface area contributed by atoms with Crippen LogP contribution in [0.1, 0.15) is 45.3 Å². The van der Waals surface area contributed by atoms with E-state index in [1.54, 1.807) is 6.26 Å². The van der Waals surface area contributed by atoms with Gasteiger partial charge in [-0.1, -0.05) is 26.7 Å². The highest BCUT2D eigenvalue weighted by atomic mass is 16.3. The van der Waals surface area contributed by atoms with E-state index in [0.29, 0.717) is 0 Å². The summed E-state index contributed by atoms with van der Waals surface area (Å²) in [6.45, 7) is 7.21. The van der Waals surface area contributed by atoms with Crippen LogP contribution in [0.3, 0.4) is 0 Å². The number of hydrogen-bond donors (Lipinski definition) is 1. The maximum absolute atomic E-state index is 6.17. The maximum Gasteiger partial charge on any atom is 0.117 e. The van der Waals surface area contributed by atoms with Gasteiger partial charge in [0.25, 0.3) is 0 Å². The van der Waals surface area contributed by atoms with Crippen molar-refractivity contribution in [1.82, 2.24) is 4.90 Å². The highest BCUT2D eigenvalue weighted by molar-refractivity contribution is 5.05. The fourth-order valence-corrected chi connectivity index (χ4v) is 3.70. The van der Waals surface area contributed by atoms with E-state index in [-0.39, 0.29) is 5.54 Å². The van der Waals surface area contributed by atoms with Crippen molar-refractivity contribution in [3.63, 3.8) is 0 Å². The Morgan fingerprint density at radius 1 is 1.50 bits per heavy atom. The molecule has 2 N–H and O–H groups in total. The lowest BCUT2D eigenvalue weighted by Gasteiger charge is -2.44. The number of rotatable bonds is 6. The van der Waals surface area contributed by atoms with Gasteiger partial charge in [-0.3, -0.25) is 4.90 Å². The lowest BCUT2D eigenvalue weighted by atomic mass is 9.83. The standard InChI is InChI=1S/C15H26N2O/c1-3-13-7-5-9-15(13,12-16)17(4-2)11-14-8-6-10-18-14/h6,8,10,13H,3-5,7,9,11-12,16H2,1-2H3. The van der Waals surface area contributed by atoms with E-state index >= 15 is 0 Å². The highest BCUT2D eigenvalue weighted by Gasteiger charge is 2.44. The van der Waals surface area contributed by atoms with E-state index in [0.717, 1.165) is 31.3 Å². The van der Waals surface area contributed by atoms with Gasteiger partial charge in [-0.25, -0.2) is 0 Å². The summed E-state index contributed by atoms with van der Waals surface area (Å²) in [6, 6.07) is 4.02. The van der Waals surface area contributed by atoms with Crippen LogP contribution in [-0.2, 0) is 6.54 Å². The topological polar surface area (TPSA) is 42.4 Å². The number of hydrogen-bond acceptors (Lipinski definition) is 3. The summed E-state index contributed by atoms with van der Waals surface area (Å²) < 4.78 is 5.50. The lowest BCUT2D eigenvalue weighted by molar-refractivity contribution is 0.0471. The van der Waals surface area contributed by atoms with Gasteiger partial charge in [0, 0.05) is 12.1 Å². The first-order chi connectivity index (χ1) is 8.76. The van der Waals surface area contributed by atoms with Crippen LogP contribution < -0.4 is 5.73 Å². The van der Waals surface area contributed by atoms with E-state index in [4.69, 9.17) is 10.2 Å². The van der Waals surface area contributed by atoms with Crippen molar-refractivity contribution in [3.05, 3.63) is 24.2 Å². The summed E-state index contributed by atoms with van der Waals surface area (Å²) in [5, 5.41) is 0. The first-order valence-electron chi connectivity index (χ1n) is 7.24. The van der Waals surface area contributed by atoms with Crippen LogP contribution in [0.15, 0.2) is 22.8 Å². The molecule has 0 radical (unpaired) electrons. The maximum atomic E-state index is 6.17. The molecular formula is C15H26N2O. The molecule has 0 bridgehead atoms. The Labute approximate surface area is 110 Å². The molecule has 3 heteroatoms. The summed E-state index contributed by atoms with van der Waals surface area (Å²) in [6.07, 6.45) is 6.85. The average Bonchev–Trinajstić information content (AvgIpc) is 3.05. The van der Waals surface area contributed by atoms with Crippen molar-refractivity contribution in [1.29, 1.82) is 0 Å². The van der Waals surface area contributed by atoms with Crippen molar-refractivity contribution >= 4 is 0 Å². The molecule has 18 heavy (non-hydrogen) atoms. The molecule has 0 saturated heterocycles. The molecule has 1 saturated carbocycles. The predicted octanol–water partition coefficient (Wildman–Crippen LogP) is 3.01. The Hall–Kier alpha value is -0.800. The number of furan rings is 1. The quantitative estimate of drug-likeness (QED) is 0.844. The van der Waals surface area contributed by atoms with Gasteiger partial charge < -0.3 is 10.2 Å². The van der Waals surface area contributed by atoms with Gasteiger partial charge in [-0.2, -0.15) is 0 Å². The Morgan fingerprint density at radius 2 is 2.33 bits per heavy atom. The summed E-state index contributed by atoms with van der Waals surface area (Å²) in [5.74, 6) is 1.78. The zero-order valence-electron chi connectivity index (χ0n) is 11.7. The monoisotopic (exact) mass is 250 g/mol. The minimum atomic E-state index is 0.191. The van der Waals surface area contributed by atoms with Gasteiger partial charge in [0.05, 0.1) is 12.8 Å². The zero-order chi connectivity index (χ0) is 13.0. The lowest BCUT2D eigenvalue weighted by Crippen LogP contribution is -2.55. The third-order valence-electron chi connectivity index (χ3n) is 4.71. The number of nitrogens with two attached hydrogens (primary N) is 1. The second kappa shape index (κ2) is 5.89. The summed E-state index contributed by atoms with van der Waals surface area (Å²) >= 11 is 0. The van der Waals surface area contributed by atoms with Crippen LogP contribution in [0.4, 0.5) is 0 Å². The van der Waals surface area contributed by atoms with Crippen molar-refractivity contribution in [2.24, 2.45) is 11.7 Å². The van der Waals surface area contributed by atoms with Crippen molar-refractivity contribution in [2.45, 2.75) is 51.6 Å². The van der Waals surface area contributed by atoms with Crippen LogP contribution >= 0.6 is 0 Å². The van der Waals surface area contributed by atoms with Crippen molar-refractivity contribution in [3.8, 4) is 0 Å². The van der Waals surface area contributed by atoms with E-state index in [1.165, 1.54) is 25.7 Å². The Bertz CT molecular complexity index is 349. The number of likely N-dealkylation sites (N-methyl/N-ethyl adjacent to an activating group) is 1. The van der Waals surface area contributed by atoms with Crippen molar-refractivity contribution in [2.75, 3.05) is 13.1 Å². The fourth-order valence-electron chi connectivity index (χ4n) is 3.70. The van der Waals surface area contributed by atoms with Gasteiger partial charge in [0.15, 0.2) is 0 Å². The van der Waals surface area contributed by atoms with E-state index in [1.807, 2.05) is 6.07 Å². The number of nitrogens with zero attached hydrogens (tertiary/aromatic N) is 1. The second-order valence-electron chi connectivity index (χ2n) is 5.40. The second-order valence-corrected chi connectivity index (χ2v) is 5.40. The largest absolute Gasteiger partial charge is 0.468 e. The molecule has 2 rings (SSSR count). The van der Waals surface area contributed by atoms with Crippen LogP contribution in [0.25, 0.3) is 0 Å². The summed E-state index contributed by atoms with van der Waals surface area (Å²) in [4.78, 5) is 2.53. The molecule has 1 aliphatic rings. The first-order valence-corrected chi connectivity index (χ1v) is 7.24. The third-order valence-corrected chi connectivity index (χ3v) is 4.71. The van der Waals surface area contributed by atoms with Crippen LogP contribution in [0, 0.1) is 5.92 Å². The molecule has 102 valence electrons. The minimum Gasteiger partial charge on any atom is -0.468 e.